The van der Waals surface area contributed by atoms with Crippen molar-refractivity contribution in [3.8, 4) is 11.5 Å². The van der Waals surface area contributed by atoms with Crippen LogP contribution in [0, 0.1) is 13.8 Å². The van der Waals surface area contributed by atoms with Gasteiger partial charge in [0.15, 0.2) is 11.5 Å². The fourth-order valence-corrected chi connectivity index (χ4v) is 2.31. The second-order valence-electron chi connectivity index (χ2n) is 4.71. The lowest BCUT2D eigenvalue weighted by Crippen LogP contribution is -1.98. The van der Waals surface area contributed by atoms with Gasteiger partial charge in [0.25, 0.3) is 0 Å². The molecule has 3 rings (SSSR count). The minimum absolute atomic E-state index is 0.289. The normalized spacial score (nSPS) is 13.3. The quantitative estimate of drug-likeness (QED) is 0.806. The molecule has 5 nitrogen and oxygen atoms in total. The zero-order valence-corrected chi connectivity index (χ0v) is 11.9. The summed E-state index contributed by atoms with van der Waals surface area (Å²) in [4.78, 5) is 4.56. The molecule has 2 heterocycles. The van der Waals surface area contributed by atoms with Gasteiger partial charge in [0, 0.05) is 12.8 Å². The van der Waals surface area contributed by atoms with E-state index >= 15 is 0 Å². The molecule has 0 saturated carbocycles. The van der Waals surface area contributed by atoms with E-state index in [2.05, 4.69) is 17.0 Å². The van der Waals surface area contributed by atoms with Gasteiger partial charge >= 0.3 is 0 Å². The van der Waals surface area contributed by atoms with Crippen molar-refractivity contribution in [2.75, 3.05) is 6.79 Å². The maximum Gasteiger partial charge on any atom is 0.231 e. The molecule has 0 unspecified atom stereocenters. The first kappa shape index (κ1) is 12.7. The van der Waals surface area contributed by atoms with Crippen molar-refractivity contribution in [2.24, 2.45) is 4.99 Å². The highest BCUT2D eigenvalue weighted by atomic mass is 16.7. The first-order chi connectivity index (χ1) is 9.69. The molecule has 0 aliphatic carbocycles. The average Bonchev–Trinajstić information content (AvgIpc) is 3.01. The Hall–Kier alpha value is -2.30. The first-order valence-corrected chi connectivity index (χ1v) is 6.66. The fourth-order valence-electron chi connectivity index (χ4n) is 2.31. The predicted molar refractivity (Wildman–Crippen MR) is 77.2 cm³/mol. The molecule has 1 aliphatic heterocycles. The Kier molecular flexibility index (Phi) is 3.18. The van der Waals surface area contributed by atoms with E-state index in [9.17, 15) is 0 Å². The molecule has 2 aromatic rings. The second-order valence-corrected chi connectivity index (χ2v) is 4.71. The number of benzene rings is 1. The Morgan fingerprint density at radius 1 is 1.30 bits per heavy atom. The highest BCUT2D eigenvalue weighted by molar-refractivity contribution is 5.83. The lowest BCUT2D eigenvalue weighted by atomic mass is 10.2. The molecule has 0 atom stereocenters. The summed E-state index contributed by atoms with van der Waals surface area (Å²) in [5.41, 5.74) is 3.95. The Balaban J connectivity index is 1.89. The third-order valence-electron chi connectivity index (χ3n) is 3.38. The summed E-state index contributed by atoms with van der Waals surface area (Å²) >= 11 is 0. The summed E-state index contributed by atoms with van der Waals surface area (Å²) in [7, 11) is 0. The molecule has 0 spiro atoms. The van der Waals surface area contributed by atoms with Gasteiger partial charge in [-0.3, -0.25) is 9.67 Å². The number of rotatable bonds is 3. The van der Waals surface area contributed by atoms with Crippen LogP contribution < -0.4 is 9.47 Å². The van der Waals surface area contributed by atoms with Gasteiger partial charge in [-0.05, 0) is 44.5 Å². The Morgan fingerprint density at radius 2 is 2.10 bits per heavy atom. The molecule has 0 bridgehead atoms. The zero-order chi connectivity index (χ0) is 14.1. The largest absolute Gasteiger partial charge is 0.454 e. The van der Waals surface area contributed by atoms with E-state index in [-0.39, 0.29) is 6.79 Å². The van der Waals surface area contributed by atoms with Gasteiger partial charge in [0.05, 0.1) is 11.4 Å². The van der Waals surface area contributed by atoms with Crippen LogP contribution in [0.1, 0.15) is 23.9 Å². The summed E-state index contributed by atoms with van der Waals surface area (Å²) in [6.45, 7) is 7.23. The van der Waals surface area contributed by atoms with Crippen LogP contribution in [0.3, 0.4) is 0 Å². The molecule has 0 saturated heterocycles. The van der Waals surface area contributed by atoms with Gasteiger partial charge in [-0.25, -0.2) is 0 Å². The number of aromatic nitrogens is 2. The van der Waals surface area contributed by atoms with Crippen molar-refractivity contribution >= 4 is 11.9 Å². The van der Waals surface area contributed by atoms with Crippen LogP contribution in [0.5, 0.6) is 11.5 Å². The molecular formula is C15H17N3O2. The van der Waals surface area contributed by atoms with Gasteiger partial charge in [-0.15, -0.1) is 0 Å². The summed E-state index contributed by atoms with van der Waals surface area (Å²) < 4.78 is 12.6. The minimum atomic E-state index is 0.289. The second kappa shape index (κ2) is 5.00. The van der Waals surface area contributed by atoms with Crippen LogP contribution in [0.2, 0.25) is 0 Å². The van der Waals surface area contributed by atoms with Crippen molar-refractivity contribution in [1.82, 2.24) is 9.78 Å². The van der Waals surface area contributed by atoms with Crippen LogP contribution in [-0.4, -0.2) is 22.8 Å². The topological polar surface area (TPSA) is 48.6 Å². The van der Waals surface area contributed by atoms with Crippen LogP contribution in [0.25, 0.3) is 0 Å². The number of hydrogen-bond acceptors (Lipinski definition) is 4. The molecule has 5 heteroatoms. The molecule has 0 amide bonds. The highest BCUT2D eigenvalue weighted by Crippen LogP contribution is 2.32. The van der Waals surface area contributed by atoms with Crippen molar-refractivity contribution in [2.45, 2.75) is 27.3 Å². The van der Waals surface area contributed by atoms with Crippen molar-refractivity contribution < 1.29 is 9.47 Å². The summed E-state index contributed by atoms with van der Waals surface area (Å²) in [5.74, 6) is 1.56. The van der Waals surface area contributed by atoms with Crippen molar-refractivity contribution in [3.63, 3.8) is 0 Å². The molecular weight excluding hydrogens is 254 g/mol. The molecule has 0 fully saturated rings. The lowest BCUT2D eigenvalue weighted by Gasteiger charge is -1.99. The number of nitrogens with zero attached hydrogens (tertiary/aromatic N) is 3. The van der Waals surface area contributed by atoms with E-state index in [4.69, 9.17) is 9.47 Å². The molecule has 104 valence electrons. The smallest absolute Gasteiger partial charge is 0.231 e. The minimum Gasteiger partial charge on any atom is -0.454 e. The van der Waals surface area contributed by atoms with Crippen LogP contribution >= 0.6 is 0 Å². The average molecular weight is 271 g/mol. The maximum absolute atomic E-state index is 5.36. The first-order valence-electron chi connectivity index (χ1n) is 6.66. The van der Waals surface area contributed by atoms with Crippen molar-refractivity contribution in [1.29, 1.82) is 0 Å². The molecule has 0 radical (unpaired) electrons. The Labute approximate surface area is 117 Å². The van der Waals surface area contributed by atoms with E-state index < -0.39 is 0 Å². The number of fused-ring (bicyclic) bond motifs is 1. The number of ether oxygens (including phenoxy) is 2. The highest BCUT2D eigenvalue weighted by Gasteiger charge is 2.13. The van der Waals surface area contributed by atoms with Gasteiger partial charge < -0.3 is 9.47 Å². The third-order valence-corrected chi connectivity index (χ3v) is 3.38. The standard InChI is InChI=1S/C15H17N3O2/c1-4-18-11(3)15(10(2)17-18)16-8-12-5-6-13-14(7-12)20-9-19-13/h5-8H,4,9H2,1-3H3. The van der Waals surface area contributed by atoms with E-state index in [1.165, 1.54) is 0 Å². The number of aliphatic imine (C=N–C) groups is 1. The van der Waals surface area contributed by atoms with Gasteiger partial charge in [0.2, 0.25) is 6.79 Å². The third kappa shape index (κ3) is 2.15. The van der Waals surface area contributed by atoms with Crippen LogP contribution in [0.4, 0.5) is 5.69 Å². The SMILES string of the molecule is CCn1nc(C)c(N=Cc2ccc3c(c2)OCO3)c1C. The van der Waals surface area contributed by atoms with E-state index in [1.54, 1.807) is 0 Å². The lowest BCUT2D eigenvalue weighted by molar-refractivity contribution is 0.174. The zero-order valence-electron chi connectivity index (χ0n) is 11.9. The van der Waals surface area contributed by atoms with Gasteiger partial charge in [0.1, 0.15) is 5.69 Å². The monoisotopic (exact) mass is 271 g/mol. The summed E-state index contributed by atoms with van der Waals surface area (Å²) in [6.07, 6.45) is 1.83. The van der Waals surface area contributed by atoms with E-state index in [0.29, 0.717) is 0 Å². The fraction of sp³-hybridized carbons (Fsp3) is 0.333. The Bertz CT molecular complexity index is 674. The molecule has 1 aliphatic rings. The predicted octanol–water partition coefficient (Wildman–Crippen LogP) is 3.00. The molecule has 1 aromatic heterocycles. The van der Waals surface area contributed by atoms with Crippen LogP contribution in [0.15, 0.2) is 23.2 Å². The summed E-state index contributed by atoms with van der Waals surface area (Å²) in [5, 5.41) is 4.46. The number of aryl methyl sites for hydroxylation is 2. The molecule has 0 N–H and O–H groups in total. The van der Waals surface area contributed by atoms with Crippen molar-refractivity contribution in [3.05, 3.63) is 35.2 Å². The van der Waals surface area contributed by atoms with Gasteiger partial charge in [-0.1, -0.05) is 0 Å². The Morgan fingerprint density at radius 3 is 2.85 bits per heavy atom. The van der Waals surface area contributed by atoms with Gasteiger partial charge in [-0.2, -0.15) is 5.10 Å². The van der Waals surface area contributed by atoms with E-state index in [1.807, 2.05) is 42.9 Å². The molecule has 1 aromatic carbocycles. The maximum atomic E-state index is 5.36. The van der Waals surface area contributed by atoms with E-state index in [0.717, 1.165) is 40.7 Å². The number of hydrogen-bond donors (Lipinski definition) is 0. The summed E-state index contributed by atoms with van der Waals surface area (Å²) in [6, 6.07) is 5.80. The molecule has 20 heavy (non-hydrogen) atoms. The van der Waals surface area contributed by atoms with Crippen LogP contribution in [-0.2, 0) is 6.54 Å².